The molecule has 1 aromatic carbocycles. The maximum Gasteiger partial charge on any atom is 0.149 e. The van der Waals surface area contributed by atoms with Crippen molar-refractivity contribution < 1.29 is 9.90 Å². The minimum Gasteiger partial charge on any atom is -0.382 e. The third-order valence-corrected chi connectivity index (χ3v) is 5.60. The molecule has 1 fully saturated rings. The van der Waals surface area contributed by atoms with Crippen LogP contribution in [0.5, 0.6) is 0 Å². The molecule has 0 saturated carbocycles. The fraction of sp³-hybridized carbons (Fsp3) is 0.357. The van der Waals surface area contributed by atoms with E-state index in [1.807, 2.05) is 0 Å². The first kappa shape index (κ1) is 15.8. The third kappa shape index (κ3) is 2.88. The molecule has 2 atom stereocenters. The van der Waals surface area contributed by atoms with E-state index in [1.165, 1.54) is 29.1 Å². The Morgan fingerprint density at radius 2 is 2.27 bits per heavy atom. The van der Waals surface area contributed by atoms with Crippen molar-refractivity contribution >= 4 is 40.7 Å². The quantitative estimate of drug-likeness (QED) is 0.910. The molecule has 0 bridgehead atoms. The summed E-state index contributed by atoms with van der Waals surface area (Å²) < 4.78 is 1.50. The monoisotopic (exact) mass is 357 g/mol. The Kier molecular flexibility index (Phi) is 4.45. The van der Waals surface area contributed by atoms with Crippen molar-refractivity contribution in [2.75, 3.05) is 5.75 Å². The Morgan fingerprint density at radius 1 is 1.45 bits per heavy atom. The average molecular weight is 358 g/mol. The molecule has 22 heavy (non-hydrogen) atoms. The van der Waals surface area contributed by atoms with Gasteiger partial charge in [-0.1, -0.05) is 29.3 Å². The van der Waals surface area contributed by atoms with Crippen LogP contribution in [0.3, 0.4) is 0 Å². The van der Waals surface area contributed by atoms with Gasteiger partial charge in [0.05, 0.1) is 11.8 Å². The van der Waals surface area contributed by atoms with Gasteiger partial charge >= 0.3 is 0 Å². The van der Waals surface area contributed by atoms with Crippen LogP contribution in [0.1, 0.15) is 12.0 Å². The molecule has 116 valence electrons. The van der Waals surface area contributed by atoms with Crippen molar-refractivity contribution in [3.05, 3.63) is 46.5 Å². The maximum atomic E-state index is 12.2. The molecule has 2 aromatic rings. The lowest BCUT2D eigenvalue weighted by atomic mass is 9.87. The van der Waals surface area contributed by atoms with Gasteiger partial charge in [0.15, 0.2) is 0 Å². The largest absolute Gasteiger partial charge is 0.382 e. The highest BCUT2D eigenvalue weighted by molar-refractivity contribution is 8.01. The van der Waals surface area contributed by atoms with E-state index in [-0.39, 0.29) is 12.3 Å². The number of benzene rings is 1. The van der Waals surface area contributed by atoms with E-state index in [0.717, 1.165) is 0 Å². The molecule has 0 amide bonds. The van der Waals surface area contributed by atoms with Gasteiger partial charge in [0.2, 0.25) is 0 Å². The summed E-state index contributed by atoms with van der Waals surface area (Å²) in [6.07, 6.45) is 3.33. The first-order chi connectivity index (χ1) is 10.5. The number of ketones is 1. The van der Waals surface area contributed by atoms with Crippen LogP contribution in [-0.4, -0.2) is 36.7 Å². The van der Waals surface area contributed by atoms with Crippen LogP contribution in [0.2, 0.25) is 10.0 Å². The van der Waals surface area contributed by atoms with Crippen molar-refractivity contribution in [2.24, 2.45) is 0 Å². The van der Waals surface area contributed by atoms with E-state index < -0.39 is 10.9 Å². The van der Waals surface area contributed by atoms with Crippen LogP contribution in [0.15, 0.2) is 30.9 Å². The van der Waals surface area contributed by atoms with Gasteiger partial charge in [0.1, 0.15) is 24.0 Å². The van der Waals surface area contributed by atoms with Crippen LogP contribution < -0.4 is 0 Å². The van der Waals surface area contributed by atoms with Crippen LogP contribution in [0, 0.1) is 0 Å². The minimum atomic E-state index is -1.46. The number of Topliss-reactive ketones (excluding diaryl/α,β-unsaturated/α-hetero) is 1. The van der Waals surface area contributed by atoms with Gasteiger partial charge in [-0.3, -0.25) is 4.79 Å². The number of aromatic nitrogens is 3. The molecule has 0 unspecified atom stereocenters. The summed E-state index contributed by atoms with van der Waals surface area (Å²) >= 11 is 13.6. The number of aliphatic hydroxyl groups is 1. The molecule has 2 heterocycles. The molecule has 0 aliphatic carbocycles. The normalized spacial score (nSPS) is 21.0. The van der Waals surface area contributed by atoms with Crippen molar-refractivity contribution in [2.45, 2.75) is 23.8 Å². The first-order valence-corrected chi connectivity index (χ1v) is 8.46. The van der Waals surface area contributed by atoms with E-state index in [0.29, 0.717) is 27.8 Å². The molecule has 0 radical (unpaired) electrons. The Hall–Kier alpha value is -1.08. The number of nitrogens with zero attached hydrogens (tertiary/aromatic N) is 3. The Morgan fingerprint density at radius 3 is 2.86 bits per heavy atom. The fourth-order valence-corrected chi connectivity index (χ4v) is 4.52. The highest BCUT2D eigenvalue weighted by atomic mass is 35.5. The summed E-state index contributed by atoms with van der Waals surface area (Å²) in [7, 11) is 0. The average Bonchev–Trinajstić information content (AvgIpc) is 3.10. The Bertz CT molecular complexity index is 695. The Labute approximate surface area is 141 Å². The first-order valence-electron chi connectivity index (χ1n) is 6.65. The van der Waals surface area contributed by atoms with Gasteiger partial charge in [-0.2, -0.15) is 5.10 Å². The number of halogens is 2. The molecule has 5 nitrogen and oxygen atoms in total. The maximum absolute atomic E-state index is 12.2. The minimum absolute atomic E-state index is 0.0126. The molecule has 1 N–H and O–H groups in total. The van der Waals surface area contributed by atoms with Crippen LogP contribution in [-0.2, 0) is 16.9 Å². The molecule has 3 rings (SSSR count). The van der Waals surface area contributed by atoms with E-state index in [1.54, 1.807) is 18.2 Å². The van der Waals surface area contributed by atoms with Gasteiger partial charge in [-0.25, -0.2) is 9.67 Å². The highest BCUT2D eigenvalue weighted by Crippen LogP contribution is 2.42. The van der Waals surface area contributed by atoms with Crippen molar-refractivity contribution in [3.63, 3.8) is 0 Å². The summed E-state index contributed by atoms with van der Waals surface area (Å²) in [5.74, 6) is 0.701. The SMILES string of the molecule is O=C1CCS[C@H]1[C@](O)(Cn1cncn1)c1ccc(Cl)cc1Cl. The molecule has 1 aliphatic rings. The molecule has 1 aliphatic heterocycles. The summed E-state index contributed by atoms with van der Waals surface area (Å²) in [6.45, 7) is 0.0950. The number of carbonyl (C=O) groups is 1. The zero-order chi connectivity index (χ0) is 15.7. The van der Waals surface area contributed by atoms with Crippen LogP contribution >= 0.6 is 35.0 Å². The van der Waals surface area contributed by atoms with Crippen molar-refractivity contribution in [1.29, 1.82) is 0 Å². The summed E-state index contributed by atoms with van der Waals surface area (Å²) in [4.78, 5) is 16.1. The Balaban J connectivity index is 2.07. The number of rotatable bonds is 4. The molecule has 8 heteroatoms. The van der Waals surface area contributed by atoms with Gasteiger partial charge in [-0.05, 0) is 12.1 Å². The smallest absolute Gasteiger partial charge is 0.149 e. The summed E-state index contributed by atoms with van der Waals surface area (Å²) in [6, 6.07) is 4.88. The lowest BCUT2D eigenvalue weighted by molar-refractivity contribution is -0.123. The zero-order valence-electron chi connectivity index (χ0n) is 11.4. The topological polar surface area (TPSA) is 68.0 Å². The predicted octanol–water partition coefficient (Wildman–Crippen LogP) is 2.55. The standard InChI is InChI=1S/C14H13Cl2N3O2S/c15-9-1-2-10(11(16)5-9)14(21,6-19-8-17-7-18-19)13-12(20)3-4-22-13/h1-2,5,7-8,13,21H,3-4,6H2/t13-,14+/m1/s1. The van der Waals surface area contributed by atoms with Crippen molar-refractivity contribution in [3.8, 4) is 0 Å². The molecular weight excluding hydrogens is 345 g/mol. The number of hydrogen-bond acceptors (Lipinski definition) is 5. The predicted molar refractivity (Wildman–Crippen MR) is 86.3 cm³/mol. The van der Waals surface area contributed by atoms with Crippen LogP contribution in [0.25, 0.3) is 0 Å². The van der Waals surface area contributed by atoms with Gasteiger partial charge < -0.3 is 5.11 Å². The lowest BCUT2D eigenvalue weighted by Gasteiger charge is -2.33. The molecule has 1 aromatic heterocycles. The van der Waals surface area contributed by atoms with Crippen LogP contribution in [0.4, 0.5) is 0 Å². The second-order valence-electron chi connectivity index (χ2n) is 5.11. The molecule has 1 saturated heterocycles. The van der Waals surface area contributed by atoms with E-state index in [4.69, 9.17) is 23.2 Å². The number of thioether (sulfide) groups is 1. The lowest BCUT2D eigenvalue weighted by Crippen LogP contribution is -2.44. The fourth-order valence-electron chi connectivity index (χ4n) is 2.62. The van der Waals surface area contributed by atoms with E-state index >= 15 is 0 Å². The third-order valence-electron chi connectivity index (χ3n) is 3.63. The summed E-state index contributed by atoms with van der Waals surface area (Å²) in [5.41, 5.74) is -0.991. The summed E-state index contributed by atoms with van der Waals surface area (Å²) in [5, 5.41) is 15.6. The second-order valence-corrected chi connectivity index (χ2v) is 7.17. The van der Waals surface area contributed by atoms with Crippen molar-refractivity contribution in [1.82, 2.24) is 14.8 Å². The highest BCUT2D eigenvalue weighted by Gasteiger charge is 2.47. The number of carbonyl (C=O) groups excluding carboxylic acids is 1. The van der Waals surface area contributed by atoms with Gasteiger partial charge in [-0.15, -0.1) is 11.8 Å². The molecular formula is C14H13Cl2N3O2S. The van der Waals surface area contributed by atoms with E-state index in [9.17, 15) is 9.90 Å². The second kappa shape index (κ2) is 6.20. The van der Waals surface area contributed by atoms with E-state index in [2.05, 4.69) is 10.1 Å². The molecule has 0 spiro atoms. The van der Waals surface area contributed by atoms with Gasteiger partial charge in [0.25, 0.3) is 0 Å². The zero-order valence-corrected chi connectivity index (χ0v) is 13.8. The van der Waals surface area contributed by atoms with Gasteiger partial charge in [0, 0.05) is 27.8 Å². The number of hydrogen-bond donors (Lipinski definition) is 1.